The number of likely N-dealkylation sites (tertiary alicyclic amines) is 1. The molecular formula is C30H36N6O2. The molecule has 0 saturated carbocycles. The minimum Gasteiger partial charge on any atom is -0.388 e. The van der Waals surface area contributed by atoms with Crippen molar-refractivity contribution in [2.45, 2.75) is 31.7 Å². The normalized spacial score (nSPS) is 15.5. The second-order valence-electron chi connectivity index (χ2n) is 10.4. The van der Waals surface area contributed by atoms with Gasteiger partial charge >= 0.3 is 0 Å². The van der Waals surface area contributed by atoms with Gasteiger partial charge in [0.25, 0.3) is 11.5 Å². The van der Waals surface area contributed by atoms with E-state index >= 15 is 0 Å². The maximum atomic E-state index is 12.8. The van der Waals surface area contributed by atoms with Crippen LogP contribution in [0.15, 0.2) is 65.7 Å². The van der Waals surface area contributed by atoms with E-state index < -0.39 is 0 Å². The molecule has 1 aliphatic rings. The van der Waals surface area contributed by atoms with Crippen molar-refractivity contribution in [3.8, 4) is 5.69 Å². The first-order valence-electron chi connectivity index (χ1n) is 13.2. The Hall–Kier alpha value is -3.91. The summed E-state index contributed by atoms with van der Waals surface area (Å²) in [6.45, 7) is 4.25. The Kier molecular flexibility index (Phi) is 7.08. The number of nitrogens with one attached hydrogen (secondary N) is 1. The SMILES string of the molecule is CNc1ccn(-c2ccnc3c2cc([C@@H](C)N2CCC(c4ccc(C(=O)N(C)C)cc4)CC2)n3C)c(=O)c1. The number of carbonyl (C=O) groups is 1. The first-order valence-corrected chi connectivity index (χ1v) is 13.2. The molecule has 4 heterocycles. The lowest BCUT2D eigenvalue weighted by molar-refractivity contribution is 0.0827. The highest BCUT2D eigenvalue weighted by Gasteiger charge is 2.27. The molecule has 1 aliphatic heterocycles. The molecule has 1 aromatic carbocycles. The van der Waals surface area contributed by atoms with Crippen molar-refractivity contribution < 1.29 is 4.79 Å². The lowest BCUT2D eigenvalue weighted by atomic mass is 9.88. The van der Waals surface area contributed by atoms with Crippen molar-refractivity contribution in [2.75, 3.05) is 39.5 Å². The first-order chi connectivity index (χ1) is 18.3. The third-order valence-corrected chi connectivity index (χ3v) is 7.95. The highest BCUT2D eigenvalue weighted by Crippen LogP contribution is 2.34. The van der Waals surface area contributed by atoms with E-state index in [0.29, 0.717) is 5.92 Å². The second-order valence-corrected chi connectivity index (χ2v) is 10.4. The van der Waals surface area contributed by atoms with Crippen molar-refractivity contribution in [1.82, 2.24) is 23.9 Å². The monoisotopic (exact) mass is 512 g/mol. The molecule has 1 N–H and O–H groups in total. The molecule has 1 saturated heterocycles. The zero-order valence-electron chi connectivity index (χ0n) is 22.8. The maximum absolute atomic E-state index is 12.8. The summed E-state index contributed by atoms with van der Waals surface area (Å²) in [6, 6.07) is 15.9. The maximum Gasteiger partial charge on any atom is 0.257 e. The molecule has 8 heteroatoms. The number of aromatic nitrogens is 3. The average molecular weight is 513 g/mol. The number of aryl methyl sites for hydroxylation is 1. The van der Waals surface area contributed by atoms with E-state index in [1.807, 2.05) is 37.5 Å². The number of nitrogens with zero attached hydrogens (tertiary/aromatic N) is 5. The summed E-state index contributed by atoms with van der Waals surface area (Å²) in [5.74, 6) is 0.530. The summed E-state index contributed by atoms with van der Waals surface area (Å²) in [4.78, 5) is 33.8. The van der Waals surface area contributed by atoms with Gasteiger partial charge in [-0.1, -0.05) is 12.1 Å². The van der Waals surface area contributed by atoms with Crippen molar-refractivity contribution in [3.05, 3.63) is 88.1 Å². The number of hydrogen-bond donors (Lipinski definition) is 1. The number of hydrogen-bond acceptors (Lipinski definition) is 5. The standard InChI is InChI=1S/C30H36N6O2/c1-20(35-15-11-22(12-16-35)21-6-8-23(9-7-21)30(38)33(3)4)27-19-25-26(10-14-32-29(25)34(27)5)36-17-13-24(31-2)18-28(36)37/h6-10,13-14,17-20,22,31H,11-12,15-16H2,1-5H3/t20-/m1/s1. The second kappa shape index (κ2) is 10.5. The van der Waals surface area contributed by atoms with Crippen LogP contribution < -0.4 is 10.9 Å². The summed E-state index contributed by atoms with van der Waals surface area (Å²) in [6.07, 6.45) is 5.73. The Morgan fingerprint density at radius 2 is 1.79 bits per heavy atom. The van der Waals surface area contributed by atoms with E-state index in [2.05, 4.69) is 51.9 Å². The lowest BCUT2D eigenvalue weighted by Crippen LogP contribution is -2.35. The topological polar surface area (TPSA) is 75.4 Å². The Labute approximate surface area is 223 Å². The van der Waals surface area contributed by atoms with Crippen LogP contribution in [-0.4, -0.2) is 64.1 Å². The van der Waals surface area contributed by atoms with Crippen molar-refractivity contribution in [3.63, 3.8) is 0 Å². The number of pyridine rings is 2. The molecule has 1 atom stereocenters. The van der Waals surface area contributed by atoms with Crippen molar-refractivity contribution in [1.29, 1.82) is 0 Å². The number of piperidine rings is 1. The zero-order valence-corrected chi connectivity index (χ0v) is 22.8. The molecule has 0 spiro atoms. The van der Waals surface area contributed by atoms with Crippen LogP contribution in [-0.2, 0) is 7.05 Å². The Balaban J connectivity index is 1.34. The zero-order chi connectivity index (χ0) is 27.0. The lowest BCUT2D eigenvalue weighted by Gasteiger charge is -2.36. The van der Waals surface area contributed by atoms with E-state index in [4.69, 9.17) is 0 Å². The predicted octanol–water partition coefficient (Wildman–Crippen LogP) is 4.41. The van der Waals surface area contributed by atoms with Crippen LogP contribution in [0, 0.1) is 0 Å². The van der Waals surface area contributed by atoms with Gasteiger partial charge in [0.15, 0.2) is 0 Å². The summed E-state index contributed by atoms with van der Waals surface area (Å²) >= 11 is 0. The predicted molar refractivity (Wildman–Crippen MR) is 152 cm³/mol. The van der Waals surface area contributed by atoms with Gasteiger partial charge in [0.2, 0.25) is 0 Å². The van der Waals surface area contributed by atoms with Crippen molar-refractivity contribution in [2.24, 2.45) is 7.05 Å². The molecule has 4 aromatic rings. The van der Waals surface area contributed by atoms with Gasteiger partial charge in [-0.25, -0.2) is 4.98 Å². The van der Waals surface area contributed by atoms with Crippen LogP contribution in [0.3, 0.4) is 0 Å². The number of carbonyl (C=O) groups excluding carboxylic acids is 1. The van der Waals surface area contributed by atoms with Gasteiger partial charge in [0, 0.05) is 75.0 Å². The third-order valence-electron chi connectivity index (χ3n) is 7.95. The number of amides is 1. The van der Waals surface area contributed by atoms with E-state index in [-0.39, 0.29) is 17.5 Å². The summed E-state index contributed by atoms with van der Waals surface area (Å²) < 4.78 is 3.84. The highest BCUT2D eigenvalue weighted by atomic mass is 16.2. The molecule has 0 radical (unpaired) electrons. The minimum absolute atomic E-state index is 0.0349. The Morgan fingerprint density at radius 1 is 1.08 bits per heavy atom. The molecule has 3 aromatic heterocycles. The minimum atomic E-state index is -0.0796. The molecule has 38 heavy (non-hydrogen) atoms. The fourth-order valence-corrected chi connectivity index (χ4v) is 5.63. The van der Waals surface area contributed by atoms with Gasteiger partial charge < -0.3 is 14.8 Å². The van der Waals surface area contributed by atoms with Gasteiger partial charge in [0.05, 0.1) is 5.69 Å². The van der Waals surface area contributed by atoms with Crippen LogP contribution in [0.25, 0.3) is 16.7 Å². The molecular weight excluding hydrogens is 476 g/mol. The van der Waals surface area contributed by atoms with Gasteiger partial charge in [0.1, 0.15) is 5.65 Å². The van der Waals surface area contributed by atoms with E-state index in [1.54, 1.807) is 35.8 Å². The Bertz CT molecular complexity index is 1510. The molecule has 1 amide bonds. The smallest absolute Gasteiger partial charge is 0.257 e. The van der Waals surface area contributed by atoms with Crippen LogP contribution in [0.4, 0.5) is 5.69 Å². The van der Waals surface area contributed by atoms with Crippen LogP contribution in [0.2, 0.25) is 0 Å². The number of fused-ring (bicyclic) bond motifs is 1. The molecule has 0 unspecified atom stereocenters. The molecule has 1 fully saturated rings. The number of anilines is 1. The summed E-state index contributed by atoms with van der Waals surface area (Å²) in [5, 5.41) is 3.99. The van der Waals surface area contributed by atoms with Gasteiger partial charge in [-0.05, 0) is 74.7 Å². The first kappa shape index (κ1) is 25.7. The quantitative estimate of drug-likeness (QED) is 0.414. The average Bonchev–Trinajstić information content (AvgIpc) is 3.28. The fourth-order valence-electron chi connectivity index (χ4n) is 5.63. The molecule has 198 valence electrons. The summed E-state index contributed by atoms with van der Waals surface area (Å²) in [5.41, 5.74) is 5.64. The number of benzene rings is 1. The van der Waals surface area contributed by atoms with Crippen molar-refractivity contribution >= 4 is 22.6 Å². The van der Waals surface area contributed by atoms with Crippen LogP contribution in [0.1, 0.15) is 53.3 Å². The molecule has 8 nitrogen and oxygen atoms in total. The van der Waals surface area contributed by atoms with E-state index in [9.17, 15) is 9.59 Å². The molecule has 5 rings (SSSR count). The molecule has 0 aliphatic carbocycles. The van der Waals surface area contributed by atoms with Crippen LogP contribution in [0.5, 0.6) is 0 Å². The fraction of sp³-hybridized carbons (Fsp3) is 0.367. The Morgan fingerprint density at radius 3 is 2.42 bits per heavy atom. The van der Waals surface area contributed by atoms with Gasteiger partial charge in [-0.3, -0.25) is 19.1 Å². The van der Waals surface area contributed by atoms with Gasteiger partial charge in [-0.15, -0.1) is 0 Å². The molecule has 0 bridgehead atoms. The van der Waals surface area contributed by atoms with Crippen LogP contribution >= 0.6 is 0 Å². The van der Waals surface area contributed by atoms with E-state index in [1.165, 1.54) is 11.3 Å². The third kappa shape index (κ3) is 4.72. The van der Waals surface area contributed by atoms with Gasteiger partial charge in [-0.2, -0.15) is 0 Å². The number of rotatable bonds is 6. The highest BCUT2D eigenvalue weighted by molar-refractivity contribution is 5.93. The largest absolute Gasteiger partial charge is 0.388 e. The van der Waals surface area contributed by atoms with E-state index in [0.717, 1.165) is 53.9 Å². The summed E-state index contributed by atoms with van der Waals surface area (Å²) in [7, 11) is 7.42.